The molecule has 0 spiro atoms. The molecule has 0 radical (unpaired) electrons. The van der Waals surface area contributed by atoms with Crippen molar-refractivity contribution in [2.75, 3.05) is 12.9 Å². The van der Waals surface area contributed by atoms with Crippen LogP contribution in [-0.2, 0) is 24.3 Å². The van der Waals surface area contributed by atoms with E-state index >= 15 is 0 Å². The highest BCUT2D eigenvalue weighted by Crippen LogP contribution is 2.21. The second-order valence-electron chi connectivity index (χ2n) is 6.35. The van der Waals surface area contributed by atoms with Crippen LogP contribution in [0, 0.1) is 5.92 Å². The average Bonchev–Trinajstić information content (AvgIpc) is 2.34. The first kappa shape index (κ1) is 20.7. The van der Waals surface area contributed by atoms with Crippen LogP contribution < -0.4 is 0 Å². The van der Waals surface area contributed by atoms with Gasteiger partial charge in [0.1, 0.15) is 11.6 Å². The molecule has 22 heavy (non-hydrogen) atoms. The molecule has 0 aromatic rings. The highest BCUT2D eigenvalue weighted by atomic mass is 32.2. The van der Waals surface area contributed by atoms with Gasteiger partial charge in [-0.1, -0.05) is 13.8 Å². The molecule has 0 saturated carbocycles. The molecule has 0 rings (SSSR count). The van der Waals surface area contributed by atoms with E-state index in [0.717, 1.165) is 7.11 Å². The molecular formula is C14H27NO6S. The predicted molar refractivity (Wildman–Crippen MR) is 82.8 cm³/mol. The normalized spacial score (nSPS) is 13.6. The monoisotopic (exact) mass is 337 g/mol. The molecule has 0 heterocycles. The number of amides is 1. The van der Waals surface area contributed by atoms with Crippen molar-refractivity contribution in [1.82, 2.24) is 4.31 Å². The van der Waals surface area contributed by atoms with E-state index in [0.29, 0.717) is 4.31 Å². The summed E-state index contributed by atoms with van der Waals surface area (Å²) >= 11 is 0. The molecular weight excluding hydrogens is 310 g/mol. The lowest BCUT2D eigenvalue weighted by Crippen LogP contribution is -2.51. The lowest BCUT2D eigenvalue weighted by molar-refractivity contribution is -0.145. The molecule has 0 unspecified atom stereocenters. The minimum absolute atomic E-state index is 0.0129. The lowest BCUT2D eigenvalue weighted by atomic mass is 10.0. The van der Waals surface area contributed by atoms with Crippen LogP contribution in [0.2, 0.25) is 0 Å². The third-order valence-electron chi connectivity index (χ3n) is 2.69. The Morgan fingerprint density at radius 3 is 2.00 bits per heavy atom. The first-order valence-corrected chi connectivity index (χ1v) is 8.79. The zero-order valence-corrected chi connectivity index (χ0v) is 15.2. The van der Waals surface area contributed by atoms with Crippen LogP contribution in [0.25, 0.3) is 0 Å². The van der Waals surface area contributed by atoms with Crippen molar-refractivity contribution in [2.24, 2.45) is 5.92 Å². The van der Waals surface area contributed by atoms with Crippen molar-refractivity contribution in [3.63, 3.8) is 0 Å². The molecule has 1 amide bonds. The van der Waals surface area contributed by atoms with E-state index in [2.05, 4.69) is 4.74 Å². The maximum Gasteiger partial charge on any atom is 0.424 e. The third kappa shape index (κ3) is 6.21. The smallest absolute Gasteiger partial charge is 0.424 e. The molecule has 130 valence electrons. The Morgan fingerprint density at radius 2 is 1.68 bits per heavy atom. The van der Waals surface area contributed by atoms with Gasteiger partial charge in [-0.2, -0.15) is 4.31 Å². The van der Waals surface area contributed by atoms with Crippen molar-refractivity contribution in [3.05, 3.63) is 0 Å². The number of nitrogens with zero attached hydrogens (tertiary/aromatic N) is 1. The number of carbonyl (C=O) groups excluding carboxylic acids is 2. The fraction of sp³-hybridized carbons (Fsp3) is 0.857. The largest absolute Gasteiger partial charge is 0.467 e. The standard InChI is InChI=1S/C14H27NO6S/c1-8-22(18,19)15(13(17)21-14(4,5)6)11(9-10(2)3)12(16)20-7/h10-11H,8-9H2,1-7H3/t11-/m0/s1. The van der Waals surface area contributed by atoms with E-state index in [9.17, 15) is 18.0 Å². The van der Waals surface area contributed by atoms with Gasteiger partial charge in [-0.15, -0.1) is 0 Å². The first-order chi connectivity index (χ1) is 9.85. The van der Waals surface area contributed by atoms with Crippen LogP contribution in [0.1, 0.15) is 48.0 Å². The van der Waals surface area contributed by atoms with Gasteiger partial charge in [-0.25, -0.2) is 18.0 Å². The minimum Gasteiger partial charge on any atom is -0.467 e. The Hall–Kier alpha value is -1.31. The fourth-order valence-electron chi connectivity index (χ4n) is 1.75. The van der Waals surface area contributed by atoms with Gasteiger partial charge < -0.3 is 9.47 Å². The Morgan fingerprint density at radius 1 is 1.18 bits per heavy atom. The van der Waals surface area contributed by atoms with Crippen molar-refractivity contribution in [3.8, 4) is 0 Å². The van der Waals surface area contributed by atoms with Crippen LogP contribution in [-0.4, -0.2) is 49.3 Å². The summed E-state index contributed by atoms with van der Waals surface area (Å²) in [6.45, 7) is 9.91. The number of sulfonamides is 1. The Bertz CT molecular complexity index is 492. The summed E-state index contributed by atoms with van der Waals surface area (Å²) in [6, 6.07) is -1.23. The maximum atomic E-state index is 12.3. The number of esters is 1. The molecule has 0 aromatic heterocycles. The molecule has 1 atom stereocenters. The maximum absolute atomic E-state index is 12.3. The van der Waals surface area contributed by atoms with Crippen LogP contribution in [0.5, 0.6) is 0 Å². The summed E-state index contributed by atoms with van der Waals surface area (Å²) in [5, 5.41) is 0. The predicted octanol–water partition coefficient (Wildman–Crippen LogP) is 2.16. The number of hydrogen-bond donors (Lipinski definition) is 0. The minimum atomic E-state index is -3.97. The highest BCUT2D eigenvalue weighted by molar-refractivity contribution is 7.89. The van der Waals surface area contributed by atoms with Crippen LogP contribution in [0.4, 0.5) is 4.79 Å². The number of hydrogen-bond acceptors (Lipinski definition) is 6. The molecule has 0 N–H and O–H groups in total. The first-order valence-electron chi connectivity index (χ1n) is 7.18. The van der Waals surface area contributed by atoms with Gasteiger partial charge in [0.15, 0.2) is 0 Å². The van der Waals surface area contributed by atoms with E-state index < -0.39 is 33.7 Å². The average molecular weight is 337 g/mol. The van der Waals surface area contributed by atoms with E-state index in [4.69, 9.17) is 4.74 Å². The lowest BCUT2D eigenvalue weighted by Gasteiger charge is -2.31. The summed E-state index contributed by atoms with van der Waals surface area (Å²) in [5.41, 5.74) is -0.878. The van der Waals surface area contributed by atoms with Gasteiger partial charge in [0.05, 0.1) is 12.9 Å². The second-order valence-corrected chi connectivity index (χ2v) is 8.48. The number of ether oxygens (including phenoxy) is 2. The summed E-state index contributed by atoms with van der Waals surface area (Å²) in [6.07, 6.45) is -0.907. The van der Waals surface area contributed by atoms with Crippen LogP contribution >= 0.6 is 0 Å². The topological polar surface area (TPSA) is 90.0 Å². The Balaban J connectivity index is 5.81. The van der Waals surface area contributed by atoms with E-state index in [-0.39, 0.29) is 18.1 Å². The molecule has 0 aliphatic carbocycles. The molecule has 0 bridgehead atoms. The Labute approximate surface area is 133 Å². The number of rotatable bonds is 6. The van der Waals surface area contributed by atoms with Crippen LogP contribution in [0.15, 0.2) is 0 Å². The van der Waals surface area contributed by atoms with Gasteiger partial charge in [0.25, 0.3) is 0 Å². The number of carbonyl (C=O) groups is 2. The molecule has 0 saturated heterocycles. The van der Waals surface area contributed by atoms with Crippen molar-refractivity contribution < 1.29 is 27.5 Å². The molecule has 0 fully saturated rings. The molecule has 0 aliphatic heterocycles. The van der Waals surface area contributed by atoms with Crippen molar-refractivity contribution in [1.29, 1.82) is 0 Å². The zero-order valence-electron chi connectivity index (χ0n) is 14.4. The van der Waals surface area contributed by atoms with E-state index in [1.54, 1.807) is 20.8 Å². The molecule has 8 heteroatoms. The summed E-state index contributed by atoms with van der Waals surface area (Å²) in [5.74, 6) is -1.12. The number of methoxy groups -OCH3 is 1. The molecule has 0 aromatic carbocycles. The summed E-state index contributed by atoms with van der Waals surface area (Å²) < 4.78 is 34.9. The molecule has 7 nitrogen and oxygen atoms in total. The Kier molecular flexibility index (Phi) is 7.34. The summed E-state index contributed by atoms with van der Waals surface area (Å²) in [7, 11) is -2.82. The van der Waals surface area contributed by atoms with Crippen LogP contribution in [0.3, 0.4) is 0 Å². The van der Waals surface area contributed by atoms with Gasteiger partial charge in [-0.05, 0) is 40.0 Å². The van der Waals surface area contributed by atoms with Gasteiger partial charge in [-0.3, -0.25) is 0 Å². The van der Waals surface area contributed by atoms with Crippen molar-refractivity contribution >= 4 is 22.1 Å². The van der Waals surface area contributed by atoms with E-state index in [1.807, 2.05) is 13.8 Å². The summed E-state index contributed by atoms with van der Waals surface area (Å²) in [4.78, 5) is 24.3. The van der Waals surface area contributed by atoms with Gasteiger partial charge >= 0.3 is 12.1 Å². The van der Waals surface area contributed by atoms with E-state index in [1.165, 1.54) is 6.92 Å². The zero-order chi connectivity index (χ0) is 17.7. The SMILES string of the molecule is CCS(=O)(=O)N(C(=O)OC(C)(C)C)[C@@H](CC(C)C)C(=O)OC. The van der Waals surface area contributed by atoms with Gasteiger partial charge in [0.2, 0.25) is 10.0 Å². The molecule has 0 aliphatic rings. The quantitative estimate of drug-likeness (QED) is 0.690. The second kappa shape index (κ2) is 7.80. The third-order valence-corrected chi connectivity index (χ3v) is 4.42. The van der Waals surface area contributed by atoms with Gasteiger partial charge in [0, 0.05) is 0 Å². The van der Waals surface area contributed by atoms with Crippen molar-refractivity contribution in [2.45, 2.75) is 59.6 Å². The fourth-order valence-corrected chi connectivity index (χ4v) is 2.85. The highest BCUT2D eigenvalue weighted by Gasteiger charge is 2.41.